The van der Waals surface area contributed by atoms with Gasteiger partial charge in [-0.05, 0) is 48.5 Å². The van der Waals surface area contributed by atoms with Crippen LogP contribution >= 0.6 is 11.6 Å². The summed E-state index contributed by atoms with van der Waals surface area (Å²) < 4.78 is 21.2. The first-order valence-electron chi connectivity index (χ1n) is 9.84. The van der Waals surface area contributed by atoms with Gasteiger partial charge in [0.2, 0.25) is 5.75 Å². The van der Waals surface area contributed by atoms with Crippen molar-refractivity contribution in [3.8, 4) is 17.2 Å². The van der Waals surface area contributed by atoms with Crippen LogP contribution in [0.2, 0.25) is 5.02 Å². The Labute approximate surface area is 197 Å². The molecule has 1 heterocycles. The van der Waals surface area contributed by atoms with Crippen molar-refractivity contribution in [1.82, 2.24) is 0 Å². The summed E-state index contributed by atoms with van der Waals surface area (Å²) in [6.07, 6.45) is 0. The Morgan fingerprint density at radius 1 is 1.03 bits per heavy atom. The quantitative estimate of drug-likeness (QED) is 0.147. The molecule has 0 aliphatic carbocycles. The second-order valence-electron chi connectivity index (χ2n) is 7.02. The zero-order valence-electron chi connectivity index (χ0n) is 17.6. The number of fused-ring (bicyclic) bond motifs is 1. The minimum absolute atomic E-state index is 0.0103. The van der Waals surface area contributed by atoms with Gasteiger partial charge in [-0.3, -0.25) is 10.1 Å². The van der Waals surface area contributed by atoms with Crippen LogP contribution in [-0.4, -0.2) is 18.0 Å². The van der Waals surface area contributed by atoms with E-state index in [1.165, 1.54) is 55.6 Å². The number of nitrogens with zero attached hydrogens (tertiary/aromatic N) is 1. The number of hydrogen-bond acceptors (Lipinski definition) is 8. The molecule has 0 N–H and O–H groups in total. The maximum atomic E-state index is 12.5. The maximum absolute atomic E-state index is 12.5. The van der Waals surface area contributed by atoms with Gasteiger partial charge in [0.25, 0.3) is 0 Å². The van der Waals surface area contributed by atoms with E-state index in [1.807, 2.05) is 0 Å². The lowest BCUT2D eigenvalue weighted by Gasteiger charge is -2.09. The Kier molecular flexibility index (Phi) is 6.46. The monoisotopic (exact) mass is 481 g/mol. The number of nitro benzene ring substituents is 1. The van der Waals surface area contributed by atoms with Gasteiger partial charge in [0.05, 0.1) is 17.6 Å². The van der Waals surface area contributed by atoms with Crippen molar-refractivity contribution in [3.05, 3.63) is 103 Å². The SMILES string of the molecule is COc1ccc2c(COC(=O)c3ccc(Oc4ccc(Cl)cc4[N+](=O)[O-])cc3)cc(=O)oc2c1. The Morgan fingerprint density at radius 3 is 2.47 bits per heavy atom. The molecule has 0 fully saturated rings. The van der Waals surface area contributed by atoms with Gasteiger partial charge in [-0.25, -0.2) is 9.59 Å². The number of carbonyl (C=O) groups is 1. The summed E-state index contributed by atoms with van der Waals surface area (Å²) in [5.41, 5.74) is 0.164. The van der Waals surface area contributed by atoms with E-state index in [2.05, 4.69) is 0 Å². The van der Waals surface area contributed by atoms with Crippen LogP contribution in [0.3, 0.4) is 0 Å². The van der Waals surface area contributed by atoms with E-state index in [-0.39, 0.29) is 34.4 Å². The van der Waals surface area contributed by atoms with Crippen molar-refractivity contribution in [1.29, 1.82) is 0 Å². The van der Waals surface area contributed by atoms with Crippen molar-refractivity contribution in [2.24, 2.45) is 0 Å². The minimum Gasteiger partial charge on any atom is -0.497 e. The zero-order chi connectivity index (χ0) is 24.2. The largest absolute Gasteiger partial charge is 0.497 e. The molecule has 3 aromatic carbocycles. The molecule has 0 bridgehead atoms. The average Bonchev–Trinajstić information content (AvgIpc) is 2.83. The standard InChI is InChI=1S/C24H16ClNO8/c1-31-18-7-8-19-15(10-23(27)34-22(19)12-18)13-32-24(28)14-2-5-17(6-3-14)33-21-9-4-16(25)11-20(21)26(29)30/h2-12H,13H2,1H3. The molecule has 0 atom stereocenters. The molecule has 0 amide bonds. The number of rotatable bonds is 7. The molecule has 0 aliphatic heterocycles. The van der Waals surface area contributed by atoms with Crippen molar-refractivity contribution in [2.45, 2.75) is 6.61 Å². The summed E-state index contributed by atoms with van der Waals surface area (Å²) in [6, 6.07) is 16.2. The van der Waals surface area contributed by atoms with Gasteiger partial charge in [0, 0.05) is 34.2 Å². The molecule has 34 heavy (non-hydrogen) atoms. The van der Waals surface area contributed by atoms with Crippen LogP contribution < -0.4 is 15.1 Å². The van der Waals surface area contributed by atoms with Crippen LogP contribution in [0.4, 0.5) is 5.69 Å². The fourth-order valence-corrected chi connectivity index (χ4v) is 3.36. The highest BCUT2D eigenvalue weighted by Crippen LogP contribution is 2.33. The third kappa shape index (κ3) is 5.00. The molecule has 4 aromatic rings. The average molecular weight is 482 g/mol. The lowest BCUT2D eigenvalue weighted by atomic mass is 10.1. The highest BCUT2D eigenvalue weighted by Gasteiger charge is 2.17. The smallest absolute Gasteiger partial charge is 0.338 e. The fraction of sp³-hybridized carbons (Fsp3) is 0.0833. The van der Waals surface area contributed by atoms with Crippen molar-refractivity contribution >= 4 is 34.2 Å². The zero-order valence-corrected chi connectivity index (χ0v) is 18.4. The van der Waals surface area contributed by atoms with E-state index in [0.717, 1.165) is 0 Å². The van der Waals surface area contributed by atoms with Crippen molar-refractivity contribution in [2.75, 3.05) is 7.11 Å². The number of hydrogen-bond donors (Lipinski definition) is 0. The summed E-state index contributed by atoms with van der Waals surface area (Å²) in [5, 5.41) is 12.0. The van der Waals surface area contributed by atoms with Crippen LogP contribution in [0.25, 0.3) is 11.0 Å². The van der Waals surface area contributed by atoms with Crippen LogP contribution in [-0.2, 0) is 11.3 Å². The van der Waals surface area contributed by atoms with Crippen molar-refractivity contribution in [3.63, 3.8) is 0 Å². The van der Waals surface area contributed by atoms with Crippen LogP contribution in [0, 0.1) is 10.1 Å². The lowest BCUT2D eigenvalue weighted by molar-refractivity contribution is -0.385. The molecule has 172 valence electrons. The predicted molar refractivity (Wildman–Crippen MR) is 123 cm³/mol. The second kappa shape index (κ2) is 9.63. The van der Waals surface area contributed by atoms with E-state index < -0.39 is 16.5 Å². The Balaban J connectivity index is 1.47. The molecule has 0 saturated heterocycles. The molecule has 0 spiro atoms. The Bertz CT molecular complexity index is 1450. The van der Waals surface area contributed by atoms with Gasteiger partial charge in [0.1, 0.15) is 23.7 Å². The molecule has 9 nitrogen and oxygen atoms in total. The summed E-state index contributed by atoms with van der Waals surface area (Å²) in [4.78, 5) is 35.0. The van der Waals surface area contributed by atoms with E-state index in [1.54, 1.807) is 18.2 Å². The number of benzene rings is 3. The normalized spacial score (nSPS) is 10.6. The third-order valence-electron chi connectivity index (χ3n) is 4.83. The number of carbonyl (C=O) groups excluding carboxylic acids is 1. The van der Waals surface area contributed by atoms with Gasteiger partial charge < -0.3 is 18.6 Å². The van der Waals surface area contributed by atoms with Gasteiger partial charge in [-0.2, -0.15) is 0 Å². The molecule has 4 rings (SSSR count). The highest BCUT2D eigenvalue weighted by atomic mass is 35.5. The first kappa shape index (κ1) is 22.8. The topological polar surface area (TPSA) is 118 Å². The number of ether oxygens (including phenoxy) is 3. The molecular weight excluding hydrogens is 466 g/mol. The lowest BCUT2D eigenvalue weighted by Crippen LogP contribution is -2.08. The van der Waals surface area contributed by atoms with Gasteiger partial charge in [0.15, 0.2) is 0 Å². The Morgan fingerprint density at radius 2 is 1.76 bits per heavy atom. The van der Waals surface area contributed by atoms with E-state index in [9.17, 15) is 19.7 Å². The van der Waals surface area contributed by atoms with E-state index >= 15 is 0 Å². The summed E-state index contributed by atoms with van der Waals surface area (Å²) in [6.45, 7) is -0.150. The Hall–Kier alpha value is -4.37. The number of halogens is 1. The molecule has 0 radical (unpaired) electrons. The summed E-state index contributed by atoms with van der Waals surface area (Å²) in [5.74, 6) is 0.189. The minimum atomic E-state index is -0.626. The first-order valence-corrected chi connectivity index (χ1v) is 10.2. The number of esters is 1. The summed E-state index contributed by atoms with van der Waals surface area (Å²) in [7, 11) is 1.50. The van der Waals surface area contributed by atoms with Crippen molar-refractivity contribution < 1.29 is 28.3 Å². The van der Waals surface area contributed by atoms with Crippen LogP contribution in [0.5, 0.6) is 17.2 Å². The van der Waals surface area contributed by atoms with Crippen LogP contribution in [0.1, 0.15) is 15.9 Å². The van der Waals surface area contributed by atoms with E-state index in [0.29, 0.717) is 22.3 Å². The predicted octanol–water partition coefficient (Wildman–Crippen LogP) is 5.51. The number of nitro groups is 1. The first-order chi connectivity index (χ1) is 16.3. The molecule has 0 unspecified atom stereocenters. The maximum Gasteiger partial charge on any atom is 0.338 e. The molecule has 1 aromatic heterocycles. The summed E-state index contributed by atoms with van der Waals surface area (Å²) >= 11 is 5.81. The van der Waals surface area contributed by atoms with Crippen LogP contribution in [0.15, 0.2) is 75.9 Å². The van der Waals surface area contributed by atoms with Gasteiger partial charge >= 0.3 is 17.3 Å². The van der Waals surface area contributed by atoms with Gasteiger partial charge in [-0.1, -0.05) is 11.6 Å². The molecule has 0 aliphatic rings. The second-order valence-corrected chi connectivity index (χ2v) is 7.46. The molecule has 0 saturated carbocycles. The van der Waals surface area contributed by atoms with Gasteiger partial charge in [-0.15, -0.1) is 0 Å². The third-order valence-corrected chi connectivity index (χ3v) is 5.07. The highest BCUT2D eigenvalue weighted by molar-refractivity contribution is 6.30. The van der Waals surface area contributed by atoms with E-state index in [4.69, 9.17) is 30.2 Å². The molecule has 10 heteroatoms. The fourth-order valence-electron chi connectivity index (χ4n) is 3.19. The molecular formula is C24H16ClNO8. The number of methoxy groups -OCH3 is 1.